The van der Waals surface area contributed by atoms with Crippen molar-refractivity contribution in [2.24, 2.45) is 11.7 Å². The Kier molecular flexibility index (Phi) is 6.79. The minimum atomic E-state index is -0.820. The number of pyridine rings is 1. The molecule has 0 spiro atoms. The van der Waals surface area contributed by atoms with Crippen molar-refractivity contribution >= 4 is 28.2 Å². The first kappa shape index (κ1) is 26.7. The van der Waals surface area contributed by atoms with Crippen LogP contribution in [-0.4, -0.2) is 20.7 Å². The van der Waals surface area contributed by atoms with Crippen LogP contribution in [0, 0.1) is 25.6 Å². The van der Waals surface area contributed by atoms with Crippen LogP contribution in [0.25, 0.3) is 16.5 Å². The topological polar surface area (TPSA) is 112 Å². The summed E-state index contributed by atoms with van der Waals surface area (Å²) >= 11 is 0. The van der Waals surface area contributed by atoms with Gasteiger partial charge in [-0.3, -0.25) is 4.79 Å². The predicted molar refractivity (Wildman–Crippen MR) is 160 cm³/mol. The van der Waals surface area contributed by atoms with Crippen LogP contribution in [0.15, 0.2) is 79.0 Å². The molecule has 0 aliphatic heterocycles. The van der Waals surface area contributed by atoms with Gasteiger partial charge in [-0.15, -0.1) is 0 Å². The van der Waals surface area contributed by atoms with Crippen LogP contribution in [0.4, 0.5) is 15.9 Å². The molecule has 1 aliphatic carbocycles. The van der Waals surface area contributed by atoms with Crippen LogP contribution in [-0.2, 0) is 5.54 Å². The second-order valence-corrected chi connectivity index (χ2v) is 11.2. The van der Waals surface area contributed by atoms with Gasteiger partial charge in [-0.1, -0.05) is 54.8 Å². The number of hydrogen-bond acceptors (Lipinski definition) is 5. The average molecular weight is 549 g/mol. The molecule has 6 rings (SSSR count). The van der Waals surface area contributed by atoms with Crippen LogP contribution in [0.1, 0.15) is 58.6 Å². The van der Waals surface area contributed by atoms with E-state index in [4.69, 9.17) is 11.5 Å². The third-order valence-electron chi connectivity index (χ3n) is 8.00. The van der Waals surface area contributed by atoms with Gasteiger partial charge in [-0.05, 0) is 85.5 Å². The summed E-state index contributed by atoms with van der Waals surface area (Å²) in [6, 6.07) is 22.0. The second-order valence-electron chi connectivity index (χ2n) is 11.2. The lowest BCUT2D eigenvalue weighted by Crippen LogP contribution is -2.38. The molecule has 0 radical (unpaired) electrons. The fraction of sp³-hybridized carbons (Fsp3) is 0.242. The zero-order valence-electron chi connectivity index (χ0n) is 23.2. The Labute approximate surface area is 238 Å². The van der Waals surface area contributed by atoms with Gasteiger partial charge in [0.1, 0.15) is 17.3 Å². The van der Waals surface area contributed by atoms with Gasteiger partial charge in [0.2, 0.25) is 0 Å². The highest BCUT2D eigenvalue weighted by Crippen LogP contribution is 2.40. The van der Waals surface area contributed by atoms with Gasteiger partial charge in [0.05, 0.1) is 22.6 Å². The Morgan fingerprint density at radius 3 is 2.63 bits per heavy atom. The molecular formula is C33H33FN6O. The summed E-state index contributed by atoms with van der Waals surface area (Å²) in [5.74, 6) is 0.0473. The molecular weight excluding hydrogens is 515 g/mol. The number of rotatable bonds is 8. The van der Waals surface area contributed by atoms with E-state index in [1.807, 2.05) is 49.4 Å². The lowest BCUT2D eigenvalue weighted by Gasteiger charge is -2.32. The molecule has 1 aliphatic rings. The molecule has 1 atom stereocenters. The van der Waals surface area contributed by atoms with Crippen LogP contribution in [0.5, 0.6) is 0 Å². The number of aryl methyl sites for hydroxylation is 2. The van der Waals surface area contributed by atoms with Crippen molar-refractivity contribution in [3.05, 3.63) is 113 Å². The van der Waals surface area contributed by atoms with E-state index in [0.717, 1.165) is 40.3 Å². The van der Waals surface area contributed by atoms with Crippen molar-refractivity contribution in [1.29, 1.82) is 0 Å². The van der Waals surface area contributed by atoms with E-state index >= 15 is 4.39 Å². The van der Waals surface area contributed by atoms with E-state index < -0.39 is 17.3 Å². The monoisotopic (exact) mass is 548 g/mol. The number of hydrogen-bond donors (Lipinski definition) is 3. The van der Waals surface area contributed by atoms with Gasteiger partial charge in [-0.25, -0.2) is 14.1 Å². The number of anilines is 2. The fourth-order valence-corrected chi connectivity index (χ4v) is 5.47. The van der Waals surface area contributed by atoms with Gasteiger partial charge >= 0.3 is 0 Å². The maximum Gasteiger partial charge on any atom is 0.274 e. The van der Waals surface area contributed by atoms with Crippen LogP contribution in [0.3, 0.4) is 0 Å². The molecule has 0 bridgehead atoms. The molecule has 0 saturated heterocycles. The average Bonchev–Trinajstić information content (AvgIpc) is 3.71. The van der Waals surface area contributed by atoms with E-state index in [1.54, 1.807) is 31.3 Å². The normalized spacial score (nSPS) is 14.6. The zero-order chi connectivity index (χ0) is 28.7. The molecule has 2 heterocycles. The molecule has 1 amide bonds. The number of nitrogens with zero attached hydrogens (tertiary/aromatic N) is 3. The van der Waals surface area contributed by atoms with Gasteiger partial charge in [-0.2, -0.15) is 5.10 Å². The molecule has 7 nitrogen and oxygen atoms in total. The minimum absolute atomic E-state index is 0.0683. The Bertz CT molecular complexity index is 1780. The van der Waals surface area contributed by atoms with E-state index in [0.29, 0.717) is 23.1 Å². The van der Waals surface area contributed by atoms with Crippen LogP contribution >= 0.6 is 0 Å². The molecule has 8 heteroatoms. The number of aromatic nitrogens is 3. The van der Waals surface area contributed by atoms with Gasteiger partial charge in [0.25, 0.3) is 5.91 Å². The summed E-state index contributed by atoms with van der Waals surface area (Å²) in [6.45, 7) is 3.84. The van der Waals surface area contributed by atoms with Gasteiger partial charge in [0.15, 0.2) is 0 Å². The Morgan fingerprint density at radius 1 is 1.05 bits per heavy atom. The summed E-state index contributed by atoms with van der Waals surface area (Å²) in [4.78, 5) is 17.8. The van der Waals surface area contributed by atoms with Crippen molar-refractivity contribution in [3.63, 3.8) is 0 Å². The number of carbonyl (C=O) groups excluding carboxylic acids is 1. The highest BCUT2D eigenvalue weighted by atomic mass is 19.1. The van der Waals surface area contributed by atoms with Gasteiger partial charge < -0.3 is 16.8 Å². The zero-order valence-corrected chi connectivity index (χ0v) is 23.2. The molecule has 1 saturated carbocycles. The first-order chi connectivity index (χ1) is 19.7. The molecule has 3 aromatic carbocycles. The molecule has 2 aromatic heterocycles. The maximum atomic E-state index is 15.2. The first-order valence-electron chi connectivity index (χ1n) is 13.9. The molecule has 1 fully saturated rings. The van der Waals surface area contributed by atoms with Crippen molar-refractivity contribution in [1.82, 2.24) is 14.8 Å². The van der Waals surface area contributed by atoms with E-state index in [2.05, 4.69) is 21.5 Å². The van der Waals surface area contributed by atoms with Crippen molar-refractivity contribution < 1.29 is 9.18 Å². The number of amides is 1. The molecule has 208 valence electrons. The maximum absolute atomic E-state index is 15.2. The first-order valence-corrected chi connectivity index (χ1v) is 13.9. The predicted octanol–water partition coefficient (Wildman–Crippen LogP) is 6.40. The number of nitrogens with two attached hydrogens (primary N) is 2. The summed E-state index contributed by atoms with van der Waals surface area (Å²) < 4.78 is 16.7. The summed E-state index contributed by atoms with van der Waals surface area (Å²) in [6.07, 6.45) is 5.82. The molecule has 1 unspecified atom stereocenters. The number of benzene rings is 3. The van der Waals surface area contributed by atoms with Crippen LogP contribution < -0.4 is 16.8 Å². The second kappa shape index (κ2) is 10.4. The smallest absolute Gasteiger partial charge is 0.274 e. The minimum Gasteiger partial charge on any atom is -0.383 e. The van der Waals surface area contributed by atoms with Crippen molar-refractivity contribution in [2.45, 2.75) is 45.1 Å². The number of fused-ring (bicyclic) bond motifs is 1. The highest BCUT2D eigenvalue weighted by Gasteiger charge is 2.33. The number of halogens is 1. The molecule has 5 aromatic rings. The fourth-order valence-electron chi connectivity index (χ4n) is 5.47. The third-order valence-corrected chi connectivity index (χ3v) is 8.00. The van der Waals surface area contributed by atoms with Gasteiger partial charge in [0, 0.05) is 11.6 Å². The number of nitrogen functional groups attached to an aromatic ring is 1. The lowest BCUT2D eigenvalue weighted by molar-refractivity contribution is 0.101. The summed E-state index contributed by atoms with van der Waals surface area (Å²) in [5.41, 5.74) is 16.9. The lowest BCUT2D eigenvalue weighted by atomic mass is 9.79. The molecule has 41 heavy (non-hydrogen) atoms. The van der Waals surface area contributed by atoms with E-state index in [1.165, 1.54) is 23.6 Å². The van der Waals surface area contributed by atoms with E-state index in [9.17, 15) is 4.79 Å². The summed E-state index contributed by atoms with van der Waals surface area (Å²) in [7, 11) is 0. The molecule has 5 N–H and O–H groups in total. The van der Waals surface area contributed by atoms with E-state index in [-0.39, 0.29) is 11.4 Å². The largest absolute Gasteiger partial charge is 0.383 e. The Morgan fingerprint density at radius 2 is 1.85 bits per heavy atom. The Hall–Kier alpha value is -4.56. The quantitative estimate of drug-likeness (QED) is 0.208. The SMILES string of the molecule is Cc1cccc(C(N)(CCC2CC2)c2ccc(F)c(NC(=O)c3cc(C)nn3-c3ccc4ccnc(N)c4c3)c2)c1. The standard InChI is InChI=1S/C33H33FN6O/c1-20-4-3-5-24(16-20)33(36,14-12-22-6-7-22)25-9-11-28(34)29(18-25)38-32(41)30-17-21(2)39-40(30)26-10-8-23-13-15-37-31(35)27(23)19-26/h3-5,8-11,13,15-19,22H,6-7,12,14,36H2,1-2H3,(H2,35,37)(H,38,41). The third kappa shape index (κ3) is 5.30. The number of nitrogens with one attached hydrogen (secondary N) is 1. The van der Waals surface area contributed by atoms with Crippen molar-refractivity contribution in [2.75, 3.05) is 11.1 Å². The highest BCUT2D eigenvalue weighted by molar-refractivity contribution is 6.04. The Balaban J connectivity index is 1.34. The van der Waals surface area contributed by atoms with Crippen molar-refractivity contribution in [3.8, 4) is 5.69 Å². The van der Waals surface area contributed by atoms with Crippen LogP contribution in [0.2, 0.25) is 0 Å². The number of carbonyl (C=O) groups is 1. The summed E-state index contributed by atoms with van der Waals surface area (Å²) in [5, 5.41) is 9.00.